The summed E-state index contributed by atoms with van der Waals surface area (Å²) < 4.78 is 41.8. The molecular formula is C22H22ClF3N4O3. The number of fused-ring (bicyclic) bond motifs is 2. The number of pyridine rings is 1. The molecule has 0 radical (unpaired) electrons. The van der Waals surface area contributed by atoms with E-state index in [1.807, 2.05) is 0 Å². The van der Waals surface area contributed by atoms with Crippen molar-refractivity contribution in [1.82, 2.24) is 19.4 Å². The van der Waals surface area contributed by atoms with E-state index in [1.165, 1.54) is 4.90 Å². The van der Waals surface area contributed by atoms with Gasteiger partial charge in [0, 0.05) is 13.1 Å². The van der Waals surface area contributed by atoms with E-state index >= 15 is 0 Å². The van der Waals surface area contributed by atoms with Crippen molar-refractivity contribution in [2.75, 3.05) is 19.6 Å². The number of alkyl halides is 3. The SMILES string of the molecule is O=C(c1nn2c(C(F)(F)F)cc(C3CC3)cc2c1Cl)N1CCN([C@H]2C[C@H]3C[C@H]3[C@H]2O)C(=O)C1. The Morgan fingerprint density at radius 3 is 2.55 bits per heavy atom. The molecule has 7 nitrogen and oxygen atoms in total. The maximum absolute atomic E-state index is 13.7. The first kappa shape index (κ1) is 21.2. The highest BCUT2D eigenvalue weighted by Crippen LogP contribution is 2.53. The first-order valence-electron chi connectivity index (χ1n) is 11.2. The van der Waals surface area contributed by atoms with Crippen molar-refractivity contribution in [3.63, 3.8) is 0 Å². The summed E-state index contributed by atoms with van der Waals surface area (Å²) in [6.45, 7) is 0.240. The molecular weight excluding hydrogens is 461 g/mol. The van der Waals surface area contributed by atoms with Crippen LogP contribution in [0.3, 0.4) is 0 Å². The quantitative estimate of drug-likeness (QED) is 0.729. The van der Waals surface area contributed by atoms with Crippen molar-refractivity contribution >= 4 is 28.9 Å². The lowest BCUT2D eigenvalue weighted by Crippen LogP contribution is -2.57. The summed E-state index contributed by atoms with van der Waals surface area (Å²) in [4.78, 5) is 28.8. The van der Waals surface area contributed by atoms with Gasteiger partial charge in [0.15, 0.2) is 5.69 Å². The van der Waals surface area contributed by atoms with Gasteiger partial charge in [0.25, 0.3) is 5.91 Å². The minimum Gasteiger partial charge on any atom is -0.391 e. The van der Waals surface area contributed by atoms with E-state index in [0.29, 0.717) is 16.0 Å². The molecule has 0 unspecified atom stereocenters. The van der Waals surface area contributed by atoms with Gasteiger partial charge in [-0.2, -0.15) is 18.3 Å². The van der Waals surface area contributed by atoms with Crippen molar-refractivity contribution < 1.29 is 27.9 Å². The van der Waals surface area contributed by atoms with Crippen LogP contribution < -0.4 is 0 Å². The third-order valence-electron chi connectivity index (χ3n) is 7.54. The fraction of sp³-hybridized carbons (Fsp3) is 0.591. The van der Waals surface area contributed by atoms with Crippen molar-refractivity contribution in [2.24, 2.45) is 11.8 Å². The summed E-state index contributed by atoms with van der Waals surface area (Å²) in [5.41, 5.74) is -0.696. The number of piperazine rings is 1. The second kappa shape index (κ2) is 7.09. The number of aliphatic hydroxyl groups excluding tert-OH is 1. The van der Waals surface area contributed by atoms with Gasteiger partial charge in [0.05, 0.1) is 22.7 Å². The van der Waals surface area contributed by atoms with Crippen molar-refractivity contribution in [2.45, 2.75) is 49.9 Å². The highest BCUT2D eigenvalue weighted by molar-refractivity contribution is 6.36. The molecule has 4 aliphatic rings. The van der Waals surface area contributed by atoms with Crippen molar-refractivity contribution in [1.29, 1.82) is 0 Å². The van der Waals surface area contributed by atoms with Crippen LogP contribution in [0.5, 0.6) is 0 Å². The number of halogens is 4. The van der Waals surface area contributed by atoms with Crippen LogP contribution in [0, 0.1) is 11.8 Å². The number of rotatable bonds is 3. The molecule has 6 rings (SSSR count). The Kier molecular flexibility index (Phi) is 4.56. The zero-order chi connectivity index (χ0) is 23.2. The molecule has 176 valence electrons. The van der Waals surface area contributed by atoms with Crippen LogP contribution in [-0.4, -0.2) is 68.1 Å². The van der Waals surface area contributed by atoms with Crippen LogP contribution in [0.4, 0.5) is 13.2 Å². The highest BCUT2D eigenvalue weighted by atomic mass is 35.5. The van der Waals surface area contributed by atoms with Crippen molar-refractivity contribution in [3.05, 3.63) is 34.1 Å². The zero-order valence-corrected chi connectivity index (χ0v) is 18.3. The molecule has 2 amide bonds. The van der Waals surface area contributed by atoms with E-state index < -0.39 is 23.9 Å². The third-order valence-corrected chi connectivity index (χ3v) is 7.91. The van der Waals surface area contributed by atoms with Gasteiger partial charge in [0.2, 0.25) is 5.91 Å². The average Bonchev–Trinajstić information content (AvgIpc) is 3.68. The number of carbonyl (C=O) groups is 2. The van der Waals surface area contributed by atoms with Gasteiger partial charge >= 0.3 is 6.18 Å². The fourth-order valence-corrected chi connectivity index (χ4v) is 5.75. The van der Waals surface area contributed by atoms with Gasteiger partial charge in [-0.25, -0.2) is 4.52 Å². The van der Waals surface area contributed by atoms with Crippen LogP contribution in [0.25, 0.3) is 5.52 Å². The summed E-state index contributed by atoms with van der Waals surface area (Å²) in [5, 5.41) is 14.2. The minimum absolute atomic E-state index is 0.0370. The Morgan fingerprint density at radius 2 is 1.94 bits per heavy atom. The van der Waals surface area contributed by atoms with Gasteiger partial charge in [0.1, 0.15) is 12.2 Å². The number of hydrogen-bond donors (Lipinski definition) is 1. The maximum Gasteiger partial charge on any atom is 0.433 e. The molecule has 4 atom stereocenters. The third kappa shape index (κ3) is 3.41. The Hall–Kier alpha value is -2.33. The number of carbonyl (C=O) groups excluding carboxylic acids is 2. The van der Waals surface area contributed by atoms with E-state index in [-0.39, 0.29) is 59.7 Å². The molecule has 3 aliphatic carbocycles. The molecule has 1 saturated heterocycles. The monoisotopic (exact) mass is 482 g/mol. The number of amides is 2. The first-order valence-corrected chi connectivity index (χ1v) is 11.6. The van der Waals surface area contributed by atoms with Crippen molar-refractivity contribution in [3.8, 4) is 0 Å². The van der Waals surface area contributed by atoms with Crippen LogP contribution in [0.15, 0.2) is 12.1 Å². The van der Waals surface area contributed by atoms with Crippen LogP contribution in [0.2, 0.25) is 5.02 Å². The second-order valence-corrected chi connectivity index (χ2v) is 10.1. The Labute approximate surface area is 192 Å². The predicted octanol–water partition coefficient (Wildman–Crippen LogP) is 2.94. The van der Waals surface area contributed by atoms with Gasteiger partial charge < -0.3 is 14.9 Å². The minimum atomic E-state index is -4.66. The molecule has 1 aliphatic heterocycles. The van der Waals surface area contributed by atoms with E-state index in [2.05, 4.69) is 5.10 Å². The average molecular weight is 483 g/mol. The van der Waals surface area contributed by atoms with Crippen LogP contribution in [-0.2, 0) is 11.0 Å². The van der Waals surface area contributed by atoms with Gasteiger partial charge in [-0.15, -0.1) is 0 Å². The van der Waals surface area contributed by atoms with Crippen LogP contribution >= 0.6 is 11.6 Å². The predicted molar refractivity (Wildman–Crippen MR) is 111 cm³/mol. The Morgan fingerprint density at radius 1 is 1.18 bits per heavy atom. The summed E-state index contributed by atoms with van der Waals surface area (Å²) in [5.74, 6) is -0.163. The molecule has 11 heteroatoms. The standard InChI is InChI=1S/C22H22ClF3N4O3/c23-18-14-6-11(10-1-2-10)8-16(22(24,25)26)30(14)27-19(18)21(33)28-3-4-29(17(31)9-28)15-7-12-5-13(12)20(15)32/h6,8,10,12-13,15,20,32H,1-5,7,9H2/t12-,13-,15+,20-/m1/s1. The summed E-state index contributed by atoms with van der Waals surface area (Å²) in [6, 6.07) is 2.41. The number of hydrogen-bond acceptors (Lipinski definition) is 4. The Balaban J connectivity index is 1.27. The summed E-state index contributed by atoms with van der Waals surface area (Å²) in [7, 11) is 0. The lowest BCUT2D eigenvalue weighted by Gasteiger charge is -2.39. The largest absolute Gasteiger partial charge is 0.433 e. The van der Waals surface area contributed by atoms with Gasteiger partial charge in [-0.3, -0.25) is 9.59 Å². The lowest BCUT2D eigenvalue weighted by atomic mass is 10.1. The topological polar surface area (TPSA) is 78.2 Å². The van der Waals surface area contributed by atoms with E-state index in [4.69, 9.17) is 11.6 Å². The highest BCUT2D eigenvalue weighted by Gasteiger charge is 2.55. The normalized spacial score (nSPS) is 29.7. The zero-order valence-electron chi connectivity index (χ0n) is 17.6. The fourth-order valence-electron chi connectivity index (χ4n) is 5.50. The van der Waals surface area contributed by atoms with Gasteiger partial charge in [-0.1, -0.05) is 11.6 Å². The molecule has 3 heterocycles. The number of nitrogens with zero attached hydrogens (tertiary/aromatic N) is 4. The summed E-state index contributed by atoms with van der Waals surface area (Å²) >= 11 is 6.37. The molecule has 2 aromatic heterocycles. The molecule has 4 fully saturated rings. The van der Waals surface area contributed by atoms with Crippen LogP contribution in [0.1, 0.15) is 53.3 Å². The smallest absolute Gasteiger partial charge is 0.391 e. The molecule has 0 spiro atoms. The molecule has 3 saturated carbocycles. The molecule has 0 bridgehead atoms. The molecule has 0 aromatic carbocycles. The number of aromatic nitrogens is 2. The molecule has 33 heavy (non-hydrogen) atoms. The molecule has 1 N–H and O–H groups in total. The lowest BCUT2D eigenvalue weighted by molar-refractivity contribution is -0.142. The number of aliphatic hydroxyl groups is 1. The Bertz CT molecular complexity index is 1180. The van der Waals surface area contributed by atoms with E-state index in [1.54, 1.807) is 11.0 Å². The van der Waals surface area contributed by atoms with E-state index in [9.17, 15) is 27.9 Å². The molecule has 2 aromatic rings. The maximum atomic E-state index is 13.7. The summed E-state index contributed by atoms with van der Waals surface area (Å²) in [6.07, 6.45) is -1.80. The first-order chi connectivity index (χ1) is 15.6. The second-order valence-electron chi connectivity index (χ2n) is 9.67. The van der Waals surface area contributed by atoms with E-state index in [0.717, 1.165) is 31.7 Å². The van der Waals surface area contributed by atoms with Gasteiger partial charge in [-0.05, 0) is 61.1 Å².